The van der Waals surface area contributed by atoms with E-state index in [0.29, 0.717) is 5.91 Å². The number of aromatic nitrogens is 2. The van der Waals surface area contributed by atoms with Gasteiger partial charge in [-0.3, -0.25) is 14.7 Å². The van der Waals surface area contributed by atoms with Crippen LogP contribution >= 0.6 is 11.3 Å². The van der Waals surface area contributed by atoms with Crippen molar-refractivity contribution in [2.45, 2.75) is 19.4 Å². The average molecular weight is 448 g/mol. The molecule has 2 aromatic heterocycles. The molecule has 0 aliphatic carbocycles. The molecule has 2 aliphatic rings. The molecule has 166 valence electrons. The van der Waals surface area contributed by atoms with Crippen molar-refractivity contribution in [2.24, 2.45) is 5.92 Å². The average Bonchev–Trinajstić information content (AvgIpc) is 3.34. The van der Waals surface area contributed by atoms with E-state index < -0.39 is 0 Å². The molecule has 0 bridgehead atoms. The van der Waals surface area contributed by atoms with Crippen molar-refractivity contribution in [1.82, 2.24) is 19.8 Å². The molecule has 5 rings (SSSR count). The number of carbonyl (C=O) groups excluding carboxylic acids is 1. The van der Waals surface area contributed by atoms with Crippen LogP contribution in [0, 0.1) is 5.92 Å². The van der Waals surface area contributed by atoms with Crippen molar-refractivity contribution in [3.8, 4) is 10.4 Å². The monoisotopic (exact) mass is 447 g/mol. The molecule has 0 N–H and O–H groups in total. The number of anilines is 1. The zero-order chi connectivity index (χ0) is 21.8. The van der Waals surface area contributed by atoms with Gasteiger partial charge in [0.15, 0.2) is 0 Å². The standard InChI is InChI=1S/C25H29N5OS/c31-25(21-7-4-12-30(18-21)24-17-26-10-11-27-24)29-15-13-28(14-16-29)19-22-8-9-23(32-22)20-5-2-1-3-6-20/h1-3,5-6,8-11,17,21H,4,7,12-16,18-19H2. The van der Waals surface area contributed by atoms with Crippen LogP contribution in [0.2, 0.25) is 0 Å². The molecule has 1 aromatic carbocycles. The minimum Gasteiger partial charge on any atom is -0.355 e. The van der Waals surface area contributed by atoms with Gasteiger partial charge < -0.3 is 9.80 Å². The summed E-state index contributed by atoms with van der Waals surface area (Å²) in [6.07, 6.45) is 7.19. The maximum absolute atomic E-state index is 13.2. The van der Waals surface area contributed by atoms with Crippen LogP contribution in [0.1, 0.15) is 17.7 Å². The van der Waals surface area contributed by atoms with Gasteiger partial charge in [-0.15, -0.1) is 11.3 Å². The summed E-state index contributed by atoms with van der Waals surface area (Å²) < 4.78 is 0. The number of hydrogen-bond donors (Lipinski definition) is 0. The van der Waals surface area contributed by atoms with E-state index in [1.165, 1.54) is 15.3 Å². The first-order valence-corrected chi connectivity index (χ1v) is 12.2. The number of thiophene rings is 1. The Morgan fingerprint density at radius 2 is 1.84 bits per heavy atom. The number of amides is 1. The third-order valence-corrected chi connectivity index (χ3v) is 7.55. The first-order chi connectivity index (χ1) is 15.8. The molecule has 32 heavy (non-hydrogen) atoms. The molecule has 7 heteroatoms. The molecule has 0 saturated carbocycles. The van der Waals surface area contributed by atoms with Crippen molar-refractivity contribution in [1.29, 1.82) is 0 Å². The van der Waals surface area contributed by atoms with Crippen LogP contribution in [0.5, 0.6) is 0 Å². The summed E-state index contributed by atoms with van der Waals surface area (Å²) in [4.78, 5) is 31.2. The summed E-state index contributed by atoms with van der Waals surface area (Å²) in [6, 6.07) is 15.0. The van der Waals surface area contributed by atoms with E-state index in [0.717, 1.165) is 64.5 Å². The van der Waals surface area contributed by atoms with Crippen molar-refractivity contribution in [3.63, 3.8) is 0 Å². The van der Waals surface area contributed by atoms with Gasteiger partial charge in [0.2, 0.25) is 5.91 Å². The van der Waals surface area contributed by atoms with Gasteiger partial charge in [0, 0.05) is 68.0 Å². The second-order valence-electron chi connectivity index (χ2n) is 8.58. The van der Waals surface area contributed by atoms with Crippen LogP contribution in [0.4, 0.5) is 5.82 Å². The fourth-order valence-corrected chi connectivity index (χ4v) is 5.72. The summed E-state index contributed by atoms with van der Waals surface area (Å²) >= 11 is 1.87. The van der Waals surface area contributed by atoms with Gasteiger partial charge in [0.1, 0.15) is 5.82 Å². The minimum absolute atomic E-state index is 0.0584. The molecule has 2 fully saturated rings. The molecule has 4 heterocycles. The highest BCUT2D eigenvalue weighted by molar-refractivity contribution is 7.15. The van der Waals surface area contributed by atoms with Crippen LogP contribution in [-0.2, 0) is 11.3 Å². The second-order valence-corrected chi connectivity index (χ2v) is 9.75. The fraction of sp³-hybridized carbons (Fsp3) is 0.400. The Morgan fingerprint density at radius 1 is 1.00 bits per heavy atom. The molecule has 1 atom stereocenters. The van der Waals surface area contributed by atoms with Crippen molar-refractivity contribution in [2.75, 3.05) is 44.2 Å². The molecule has 2 saturated heterocycles. The van der Waals surface area contributed by atoms with E-state index in [1.807, 2.05) is 11.3 Å². The number of rotatable bonds is 5. The fourth-order valence-electron chi connectivity index (χ4n) is 4.67. The van der Waals surface area contributed by atoms with E-state index >= 15 is 0 Å². The van der Waals surface area contributed by atoms with Gasteiger partial charge in [-0.25, -0.2) is 4.98 Å². The van der Waals surface area contributed by atoms with Gasteiger partial charge in [0.05, 0.1) is 12.1 Å². The number of hydrogen-bond acceptors (Lipinski definition) is 6. The van der Waals surface area contributed by atoms with E-state index in [1.54, 1.807) is 18.6 Å². The lowest BCUT2D eigenvalue weighted by Crippen LogP contribution is -2.52. The molecular formula is C25H29N5OS. The largest absolute Gasteiger partial charge is 0.355 e. The Labute approximate surface area is 193 Å². The van der Waals surface area contributed by atoms with Gasteiger partial charge in [0.25, 0.3) is 0 Å². The Morgan fingerprint density at radius 3 is 2.62 bits per heavy atom. The highest BCUT2D eigenvalue weighted by Crippen LogP contribution is 2.29. The zero-order valence-corrected chi connectivity index (χ0v) is 19.1. The summed E-state index contributed by atoms with van der Waals surface area (Å²) in [5.74, 6) is 1.24. The second kappa shape index (κ2) is 9.79. The van der Waals surface area contributed by atoms with Crippen LogP contribution in [0.25, 0.3) is 10.4 Å². The van der Waals surface area contributed by atoms with Crippen molar-refractivity contribution < 1.29 is 4.79 Å². The molecule has 6 nitrogen and oxygen atoms in total. The first kappa shape index (κ1) is 21.1. The Kier molecular flexibility index (Phi) is 6.46. The third kappa shape index (κ3) is 4.84. The summed E-state index contributed by atoms with van der Waals surface area (Å²) in [5, 5.41) is 0. The van der Waals surface area contributed by atoms with Crippen molar-refractivity contribution in [3.05, 3.63) is 65.9 Å². The van der Waals surface area contributed by atoms with E-state index in [9.17, 15) is 4.79 Å². The summed E-state index contributed by atoms with van der Waals surface area (Å²) in [5.41, 5.74) is 1.28. The van der Waals surface area contributed by atoms with Crippen LogP contribution < -0.4 is 4.90 Å². The first-order valence-electron chi connectivity index (χ1n) is 11.4. The van der Waals surface area contributed by atoms with Crippen LogP contribution in [0.15, 0.2) is 61.1 Å². The van der Waals surface area contributed by atoms with Crippen LogP contribution in [0.3, 0.4) is 0 Å². The summed E-state index contributed by atoms with van der Waals surface area (Å²) in [6.45, 7) is 6.16. The predicted molar refractivity (Wildman–Crippen MR) is 129 cm³/mol. The quantitative estimate of drug-likeness (QED) is 0.596. The van der Waals surface area contributed by atoms with E-state index in [2.05, 4.69) is 67.1 Å². The third-order valence-electron chi connectivity index (χ3n) is 6.43. The van der Waals surface area contributed by atoms with Gasteiger partial charge in [-0.05, 0) is 30.5 Å². The molecule has 3 aromatic rings. The topological polar surface area (TPSA) is 52.6 Å². The smallest absolute Gasteiger partial charge is 0.227 e. The normalized spacial score (nSPS) is 19.8. The number of piperazine rings is 1. The Bertz CT molecular complexity index is 1020. The van der Waals surface area contributed by atoms with Gasteiger partial charge in [-0.2, -0.15) is 0 Å². The maximum atomic E-state index is 13.2. The lowest BCUT2D eigenvalue weighted by atomic mass is 9.96. The number of nitrogens with zero attached hydrogens (tertiary/aromatic N) is 5. The lowest BCUT2D eigenvalue weighted by Gasteiger charge is -2.39. The molecule has 1 amide bonds. The molecule has 0 radical (unpaired) electrons. The van der Waals surface area contributed by atoms with E-state index in [4.69, 9.17) is 0 Å². The zero-order valence-electron chi connectivity index (χ0n) is 18.3. The molecule has 0 spiro atoms. The number of piperidine rings is 1. The van der Waals surface area contributed by atoms with Gasteiger partial charge in [-0.1, -0.05) is 30.3 Å². The molecular weight excluding hydrogens is 418 g/mol. The van der Waals surface area contributed by atoms with Crippen molar-refractivity contribution >= 4 is 23.1 Å². The number of benzene rings is 1. The highest BCUT2D eigenvalue weighted by atomic mass is 32.1. The Hall–Kier alpha value is -2.77. The van der Waals surface area contributed by atoms with E-state index in [-0.39, 0.29) is 5.92 Å². The lowest BCUT2D eigenvalue weighted by molar-refractivity contribution is -0.137. The molecule has 1 unspecified atom stereocenters. The highest BCUT2D eigenvalue weighted by Gasteiger charge is 2.31. The Balaban J connectivity index is 1.13. The maximum Gasteiger partial charge on any atom is 0.227 e. The van der Waals surface area contributed by atoms with Gasteiger partial charge >= 0.3 is 0 Å². The van der Waals surface area contributed by atoms with Crippen LogP contribution in [-0.4, -0.2) is 64.9 Å². The predicted octanol–water partition coefficient (Wildman–Crippen LogP) is 3.77. The number of carbonyl (C=O) groups is 1. The molecule has 2 aliphatic heterocycles. The SMILES string of the molecule is O=C(C1CCCN(c2cnccn2)C1)N1CCN(Cc2ccc(-c3ccccc3)s2)CC1. The minimum atomic E-state index is 0.0584. The summed E-state index contributed by atoms with van der Waals surface area (Å²) in [7, 11) is 0.